The van der Waals surface area contributed by atoms with E-state index < -0.39 is 0 Å². The van der Waals surface area contributed by atoms with Gasteiger partial charge in [0.05, 0.1) is 16.1 Å². The summed E-state index contributed by atoms with van der Waals surface area (Å²) in [7, 11) is 0. The van der Waals surface area contributed by atoms with Gasteiger partial charge in [-0.2, -0.15) is 0 Å². The molecule has 0 bridgehead atoms. The molecule has 1 aliphatic rings. The Balaban J connectivity index is 1.60. The van der Waals surface area contributed by atoms with Crippen molar-refractivity contribution in [2.75, 3.05) is 31.1 Å². The van der Waals surface area contributed by atoms with Gasteiger partial charge in [0.15, 0.2) is 0 Å². The lowest BCUT2D eigenvalue weighted by Gasteiger charge is -2.36. The largest absolute Gasteiger partial charge is 0.491 e. The fraction of sp³-hybridized carbons (Fsp3) is 0.350. The molecule has 2 aromatic rings. The Labute approximate surface area is 164 Å². The third kappa shape index (κ3) is 4.43. The van der Waals surface area contributed by atoms with E-state index in [4.69, 9.17) is 27.9 Å². The minimum atomic E-state index is -0.0103. The Morgan fingerprint density at radius 2 is 1.62 bits per heavy atom. The van der Waals surface area contributed by atoms with Crippen LogP contribution in [0.25, 0.3) is 0 Å². The topological polar surface area (TPSA) is 32.8 Å². The van der Waals surface area contributed by atoms with Crippen molar-refractivity contribution in [3.05, 3.63) is 58.1 Å². The predicted molar refractivity (Wildman–Crippen MR) is 107 cm³/mol. The fourth-order valence-electron chi connectivity index (χ4n) is 2.99. The number of hydrogen-bond donors (Lipinski definition) is 0. The summed E-state index contributed by atoms with van der Waals surface area (Å²) in [5.74, 6) is 0.862. The van der Waals surface area contributed by atoms with Crippen molar-refractivity contribution < 1.29 is 9.53 Å². The Morgan fingerprint density at radius 3 is 2.19 bits per heavy atom. The second kappa shape index (κ2) is 8.19. The van der Waals surface area contributed by atoms with Crippen molar-refractivity contribution >= 4 is 34.8 Å². The van der Waals surface area contributed by atoms with Crippen LogP contribution in [0.2, 0.25) is 10.0 Å². The molecule has 0 aliphatic carbocycles. The second-order valence-corrected chi connectivity index (χ2v) is 7.38. The molecule has 6 heteroatoms. The lowest BCUT2D eigenvalue weighted by molar-refractivity contribution is 0.0747. The van der Waals surface area contributed by atoms with Crippen LogP contribution in [-0.4, -0.2) is 43.1 Å². The number of carbonyl (C=O) groups is 1. The number of hydrogen-bond acceptors (Lipinski definition) is 3. The van der Waals surface area contributed by atoms with Crippen molar-refractivity contribution in [1.29, 1.82) is 0 Å². The van der Waals surface area contributed by atoms with Gasteiger partial charge in [0, 0.05) is 37.4 Å². The zero-order valence-corrected chi connectivity index (χ0v) is 16.4. The molecular weight excluding hydrogens is 371 g/mol. The first kappa shape index (κ1) is 18.9. The molecule has 0 aromatic heterocycles. The smallest absolute Gasteiger partial charge is 0.254 e. The van der Waals surface area contributed by atoms with E-state index in [1.165, 1.54) is 0 Å². The minimum absolute atomic E-state index is 0.0103. The van der Waals surface area contributed by atoms with Crippen molar-refractivity contribution in [2.45, 2.75) is 20.0 Å². The first-order valence-corrected chi connectivity index (χ1v) is 9.45. The van der Waals surface area contributed by atoms with Crippen LogP contribution in [0.5, 0.6) is 5.75 Å². The average molecular weight is 393 g/mol. The van der Waals surface area contributed by atoms with Crippen LogP contribution >= 0.6 is 23.2 Å². The summed E-state index contributed by atoms with van der Waals surface area (Å²) in [6.45, 7) is 6.94. The van der Waals surface area contributed by atoms with Gasteiger partial charge in [-0.1, -0.05) is 23.2 Å². The molecule has 1 fully saturated rings. The lowest BCUT2D eigenvalue weighted by atomic mass is 10.1. The minimum Gasteiger partial charge on any atom is -0.491 e. The van der Waals surface area contributed by atoms with E-state index >= 15 is 0 Å². The van der Waals surface area contributed by atoms with Gasteiger partial charge in [-0.05, 0) is 56.3 Å². The van der Waals surface area contributed by atoms with Gasteiger partial charge in [-0.25, -0.2) is 0 Å². The normalized spacial score (nSPS) is 14.7. The quantitative estimate of drug-likeness (QED) is 0.752. The zero-order chi connectivity index (χ0) is 18.7. The second-order valence-electron chi connectivity index (χ2n) is 6.57. The van der Waals surface area contributed by atoms with Gasteiger partial charge in [-0.15, -0.1) is 0 Å². The molecule has 26 heavy (non-hydrogen) atoms. The highest BCUT2D eigenvalue weighted by Crippen LogP contribution is 2.25. The summed E-state index contributed by atoms with van der Waals surface area (Å²) in [4.78, 5) is 16.8. The van der Waals surface area contributed by atoms with Gasteiger partial charge in [0.25, 0.3) is 5.91 Å². The van der Waals surface area contributed by atoms with Crippen LogP contribution in [-0.2, 0) is 0 Å². The molecule has 0 atom stereocenters. The summed E-state index contributed by atoms with van der Waals surface area (Å²) in [5.41, 5.74) is 1.71. The van der Waals surface area contributed by atoms with E-state index in [2.05, 4.69) is 17.0 Å². The third-order valence-electron chi connectivity index (χ3n) is 4.31. The third-order valence-corrected chi connectivity index (χ3v) is 5.05. The molecule has 1 aliphatic heterocycles. The molecule has 3 rings (SSSR count). The maximum atomic E-state index is 12.6. The highest BCUT2D eigenvalue weighted by atomic mass is 35.5. The van der Waals surface area contributed by atoms with E-state index in [-0.39, 0.29) is 12.0 Å². The SMILES string of the molecule is CC(C)Oc1ccc(N2CCN(C(=O)c3ccc(Cl)c(Cl)c3)CC2)cc1. The number of nitrogens with zero attached hydrogens (tertiary/aromatic N) is 2. The summed E-state index contributed by atoms with van der Waals surface area (Å²) in [5, 5.41) is 0.859. The van der Waals surface area contributed by atoms with E-state index in [9.17, 15) is 4.79 Å². The number of rotatable bonds is 4. The molecule has 4 nitrogen and oxygen atoms in total. The van der Waals surface area contributed by atoms with Crippen LogP contribution < -0.4 is 9.64 Å². The van der Waals surface area contributed by atoms with Crippen molar-refractivity contribution in [1.82, 2.24) is 4.90 Å². The first-order chi connectivity index (χ1) is 12.4. The van der Waals surface area contributed by atoms with Crippen molar-refractivity contribution in [2.24, 2.45) is 0 Å². The fourth-order valence-corrected chi connectivity index (χ4v) is 3.29. The molecule has 1 amide bonds. The highest BCUT2D eigenvalue weighted by molar-refractivity contribution is 6.42. The summed E-state index contributed by atoms with van der Waals surface area (Å²) in [6.07, 6.45) is 0.164. The molecular formula is C20H22Cl2N2O2. The summed E-state index contributed by atoms with van der Waals surface area (Å²) >= 11 is 11.9. The molecule has 138 valence electrons. The Hall–Kier alpha value is -1.91. The van der Waals surface area contributed by atoms with E-state index in [1.54, 1.807) is 18.2 Å². The summed E-state index contributed by atoms with van der Waals surface area (Å²) in [6, 6.07) is 13.1. The van der Waals surface area contributed by atoms with Gasteiger partial charge in [-0.3, -0.25) is 4.79 Å². The van der Waals surface area contributed by atoms with Gasteiger partial charge in [0.1, 0.15) is 5.75 Å². The molecule has 0 unspecified atom stereocenters. The van der Waals surface area contributed by atoms with Crippen molar-refractivity contribution in [3.63, 3.8) is 0 Å². The van der Waals surface area contributed by atoms with Gasteiger partial charge in [0.2, 0.25) is 0 Å². The van der Waals surface area contributed by atoms with Gasteiger partial charge >= 0.3 is 0 Å². The number of piperazine rings is 1. The first-order valence-electron chi connectivity index (χ1n) is 8.70. The number of ether oxygens (including phenoxy) is 1. The highest BCUT2D eigenvalue weighted by Gasteiger charge is 2.22. The number of amides is 1. The number of benzene rings is 2. The zero-order valence-electron chi connectivity index (χ0n) is 14.9. The molecule has 0 saturated carbocycles. The van der Waals surface area contributed by atoms with E-state index in [1.807, 2.05) is 30.9 Å². The van der Waals surface area contributed by atoms with E-state index in [0.717, 1.165) is 24.5 Å². The predicted octanol–water partition coefficient (Wildman–Crippen LogP) is 4.74. The molecule has 1 saturated heterocycles. The Morgan fingerprint density at radius 1 is 0.962 bits per heavy atom. The molecule has 0 N–H and O–H groups in total. The maximum Gasteiger partial charge on any atom is 0.254 e. The van der Waals surface area contributed by atoms with Crippen LogP contribution in [0.4, 0.5) is 5.69 Å². The molecule has 2 aromatic carbocycles. The molecule has 0 spiro atoms. The lowest BCUT2D eigenvalue weighted by Crippen LogP contribution is -2.48. The maximum absolute atomic E-state index is 12.6. The average Bonchev–Trinajstić information content (AvgIpc) is 2.64. The van der Waals surface area contributed by atoms with E-state index in [0.29, 0.717) is 28.7 Å². The Kier molecular flexibility index (Phi) is 5.94. The Bertz CT molecular complexity index is 770. The monoisotopic (exact) mass is 392 g/mol. The van der Waals surface area contributed by atoms with Crippen LogP contribution in [0.3, 0.4) is 0 Å². The number of halogens is 2. The van der Waals surface area contributed by atoms with Crippen LogP contribution in [0.15, 0.2) is 42.5 Å². The van der Waals surface area contributed by atoms with Gasteiger partial charge < -0.3 is 14.5 Å². The van der Waals surface area contributed by atoms with Crippen molar-refractivity contribution in [3.8, 4) is 5.75 Å². The molecule has 1 heterocycles. The standard InChI is InChI=1S/C20H22Cl2N2O2/c1-14(2)26-17-6-4-16(5-7-17)23-9-11-24(12-10-23)20(25)15-3-8-18(21)19(22)13-15/h3-8,13-14H,9-12H2,1-2H3. The van der Waals surface area contributed by atoms with Crippen LogP contribution in [0, 0.1) is 0 Å². The van der Waals surface area contributed by atoms with Crippen LogP contribution in [0.1, 0.15) is 24.2 Å². The molecule has 0 radical (unpaired) electrons. The number of carbonyl (C=O) groups excluding carboxylic acids is 1. The number of anilines is 1. The summed E-state index contributed by atoms with van der Waals surface area (Å²) < 4.78 is 5.68.